The second-order valence-corrected chi connectivity index (χ2v) is 7.59. The molecule has 0 amide bonds. The van der Waals surface area contributed by atoms with Crippen LogP contribution in [0.25, 0.3) is 11.7 Å². The minimum atomic E-state index is -3.56. The number of sulfone groups is 1. The molecule has 3 rings (SSSR count). The number of rotatable bonds is 6. The zero-order valence-electron chi connectivity index (χ0n) is 13.0. The van der Waals surface area contributed by atoms with E-state index in [0.717, 1.165) is 0 Å². The van der Waals surface area contributed by atoms with Crippen LogP contribution in [-0.4, -0.2) is 24.3 Å². The van der Waals surface area contributed by atoms with Crippen molar-refractivity contribution in [3.05, 3.63) is 65.7 Å². The Morgan fingerprint density at radius 1 is 1.17 bits per heavy atom. The van der Waals surface area contributed by atoms with Crippen molar-refractivity contribution in [2.75, 3.05) is 5.75 Å². The van der Waals surface area contributed by atoms with Gasteiger partial charge in [0.25, 0.3) is 5.89 Å². The Balaban J connectivity index is 1.75. The fraction of sp³-hybridized carbons (Fsp3) is 0.235. The van der Waals surface area contributed by atoms with E-state index in [9.17, 15) is 13.5 Å². The summed E-state index contributed by atoms with van der Waals surface area (Å²) in [5, 5.41) is 10.1. The maximum Gasteiger partial charge on any atom is 0.263 e. The number of hydrogen-bond acceptors (Lipinski definition) is 6. The Hall–Kier alpha value is -2.38. The van der Waals surface area contributed by atoms with E-state index in [-0.39, 0.29) is 17.4 Å². The number of aliphatic hydroxyl groups is 1. The molecule has 2 heterocycles. The number of benzene rings is 1. The van der Waals surface area contributed by atoms with Gasteiger partial charge in [-0.25, -0.2) is 13.4 Å². The van der Waals surface area contributed by atoms with Gasteiger partial charge < -0.3 is 13.9 Å². The zero-order chi connectivity index (χ0) is 17.2. The lowest BCUT2D eigenvalue weighted by Gasteiger charge is -2.11. The van der Waals surface area contributed by atoms with E-state index in [2.05, 4.69) is 4.98 Å². The SMILES string of the molecule is Cc1oc(-c2ccco2)nc1CS(=O)(=O)CC(O)c1ccccc1. The molecule has 1 N–H and O–H groups in total. The normalized spacial score (nSPS) is 13.1. The van der Waals surface area contributed by atoms with Gasteiger partial charge in [-0.2, -0.15) is 0 Å². The van der Waals surface area contributed by atoms with Crippen molar-refractivity contribution in [2.24, 2.45) is 0 Å². The van der Waals surface area contributed by atoms with Crippen LogP contribution in [0, 0.1) is 6.92 Å². The van der Waals surface area contributed by atoms with Crippen LogP contribution in [-0.2, 0) is 15.6 Å². The molecule has 0 fully saturated rings. The number of aromatic nitrogens is 1. The summed E-state index contributed by atoms with van der Waals surface area (Å²) in [6.45, 7) is 1.65. The first kappa shape index (κ1) is 16.5. The second kappa shape index (κ2) is 6.62. The average Bonchev–Trinajstić information content (AvgIpc) is 3.18. The molecule has 3 aromatic rings. The molecule has 0 aliphatic rings. The molecular weight excluding hydrogens is 330 g/mol. The summed E-state index contributed by atoms with van der Waals surface area (Å²) in [6, 6.07) is 12.1. The minimum Gasteiger partial charge on any atom is -0.459 e. The molecule has 0 aliphatic heterocycles. The molecule has 1 atom stereocenters. The highest BCUT2D eigenvalue weighted by atomic mass is 32.2. The Bertz CT molecular complexity index is 898. The summed E-state index contributed by atoms with van der Waals surface area (Å²) in [5.74, 6) is 0.420. The van der Waals surface area contributed by atoms with Crippen molar-refractivity contribution in [2.45, 2.75) is 18.8 Å². The lowest BCUT2D eigenvalue weighted by atomic mass is 10.1. The van der Waals surface area contributed by atoms with Crippen molar-refractivity contribution in [1.82, 2.24) is 4.98 Å². The molecule has 0 aliphatic carbocycles. The summed E-state index contributed by atoms with van der Waals surface area (Å²) in [6.07, 6.45) is 0.412. The highest BCUT2D eigenvalue weighted by Crippen LogP contribution is 2.24. The van der Waals surface area contributed by atoms with Crippen molar-refractivity contribution in [3.63, 3.8) is 0 Å². The van der Waals surface area contributed by atoms with Gasteiger partial charge in [-0.15, -0.1) is 0 Å². The monoisotopic (exact) mass is 347 g/mol. The minimum absolute atomic E-state index is 0.242. The van der Waals surface area contributed by atoms with Crippen LogP contribution >= 0.6 is 0 Å². The topological polar surface area (TPSA) is 93.5 Å². The lowest BCUT2D eigenvalue weighted by molar-refractivity contribution is 0.201. The first-order valence-electron chi connectivity index (χ1n) is 7.38. The Kier molecular flexibility index (Phi) is 4.55. The van der Waals surface area contributed by atoms with Crippen molar-refractivity contribution < 1.29 is 22.4 Å². The van der Waals surface area contributed by atoms with Gasteiger partial charge in [0.1, 0.15) is 5.76 Å². The van der Waals surface area contributed by atoms with E-state index in [1.807, 2.05) is 0 Å². The molecular formula is C17H17NO5S. The maximum absolute atomic E-state index is 12.4. The van der Waals surface area contributed by atoms with Gasteiger partial charge in [0.15, 0.2) is 15.6 Å². The molecule has 0 saturated carbocycles. The fourth-order valence-electron chi connectivity index (χ4n) is 2.35. The van der Waals surface area contributed by atoms with Crippen LogP contribution in [0.1, 0.15) is 23.1 Å². The largest absolute Gasteiger partial charge is 0.459 e. The van der Waals surface area contributed by atoms with Gasteiger partial charge in [0, 0.05) is 0 Å². The molecule has 24 heavy (non-hydrogen) atoms. The van der Waals surface area contributed by atoms with Crippen LogP contribution < -0.4 is 0 Å². The highest BCUT2D eigenvalue weighted by Gasteiger charge is 2.23. The number of hydrogen-bond donors (Lipinski definition) is 1. The van der Waals surface area contributed by atoms with Crippen LogP contribution in [0.4, 0.5) is 0 Å². The zero-order valence-corrected chi connectivity index (χ0v) is 13.9. The standard InChI is InChI=1S/C17H17NO5S/c1-12-14(18-17(23-12)16-8-5-9-22-16)10-24(20,21)11-15(19)13-6-3-2-4-7-13/h2-9,15,19H,10-11H2,1H3. The smallest absolute Gasteiger partial charge is 0.263 e. The summed E-state index contributed by atoms with van der Waals surface area (Å²) < 4.78 is 35.4. The first-order valence-corrected chi connectivity index (χ1v) is 9.20. The summed E-state index contributed by atoms with van der Waals surface area (Å²) in [4.78, 5) is 4.20. The van der Waals surface area contributed by atoms with Gasteiger partial charge in [-0.05, 0) is 24.6 Å². The molecule has 0 bridgehead atoms. The van der Waals surface area contributed by atoms with Gasteiger partial charge in [-0.3, -0.25) is 0 Å². The Morgan fingerprint density at radius 2 is 1.92 bits per heavy atom. The summed E-state index contributed by atoms with van der Waals surface area (Å²) >= 11 is 0. The van der Waals surface area contributed by atoms with Crippen LogP contribution in [0.3, 0.4) is 0 Å². The molecule has 2 aromatic heterocycles. The van der Waals surface area contributed by atoms with E-state index >= 15 is 0 Å². The average molecular weight is 347 g/mol. The Labute approximate surface area is 139 Å². The number of furan rings is 1. The molecule has 0 radical (unpaired) electrons. The third-order valence-corrected chi connectivity index (χ3v) is 5.11. The van der Waals surface area contributed by atoms with Crippen molar-refractivity contribution in [1.29, 1.82) is 0 Å². The first-order chi connectivity index (χ1) is 11.4. The number of oxazole rings is 1. The van der Waals surface area contributed by atoms with Crippen LogP contribution in [0.15, 0.2) is 57.6 Å². The second-order valence-electron chi connectivity index (χ2n) is 5.48. The molecule has 1 unspecified atom stereocenters. The molecule has 1 aromatic carbocycles. The molecule has 0 saturated heterocycles. The molecule has 6 nitrogen and oxygen atoms in total. The van der Waals surface area contributed by atoms with Crippen LogP contribution in [0.2, 0.25) is 0 Å². The van der Waals surface area contributed by atoms with E-state index in [4.69, 9.17) is 8.83 Å². The quantitative estimate of drug-likeness (QED) is 0.737. The lowest BCUT2D eigenvalue weighted by Crippen LogP contribution is -2.17. The predicted octanol–water partition coefficient (Wildman–Crippen LogP) is 2.89. The van der Waals surface area contributed by atoms with E-state index < -0.39 is 15.9 Å². The summed E-state index contributed by atoms with van der Waals surface area (Å²) in [5.41, 5.74) is 0.885. The summed E-state index contributed by atoms with van der Waals surface area (Å²) in [7, 11) is -3.56. The third kappa shape index (κ3) is 3.74. The van der Waals surface area contributed by atoms with E-state index in [1.165, 1.54) is 6.26 Å². The van der Waals surface area contributed by atoms with Gasteiger partial charge in [-0.1, -0.05) is 30.3 Å². The van der Waals surface area contributed by atoms with Crippen LogP contribution in [0.5, 0.6) is 0 Å². The molecule has 7 heteroatoms. The Morgan fingerprint density at radius 3 is 2.58 bits per heavy atom. The highest BCUT2D eigenvalue weighted by molar-refractivity contribution is 7.90. The van der Waals surface area contributed by atoms with Crippen molar-refractivity contribution >= 4 is 9.84 Å². The maximum atomic E-state index is 12.4. The van der Waals surface area contributed by atoms with Gasteiger partial charge >= 0.3 is 0 Å². The molecule has 0 spiro atoms. The van der Waals surface area contributed by atoms with Gasteiger partial charge in [0.2, 0.25) is 0 Å². The number of aryl methyl sites for hydroxylation is 1. The molecule has 126 valence electrons. The predicted molar refractivity (Wildman–Crippen MR) is 87.8 cm³/mol. The number of aliphatic hydroxyl groups excluding tert-OH is 1. The van der Waals surface area contributed by atoms with E-state index in [1.54, 1.807) is 49.4 Å². The van der Waals surface area contributed by atoms with E-state index in [0.29, 0.717) is 22.8 Å². The number of nitrogens with zero attached hydrogens (tertiary/aromatic N) is 1. The third-order valence-electron chi connectivity index (χ3n) is 3.58. The van der Waals surface area contributed by atoms with Crippen molar-refractivity contribution in [3.8, 4) is 11.7 Å². The van der Waals surface area contributed by atoms with Gasteiger partial charge in [0.05, 0.1) is 29.6 Å². The fourth-order valence-corrected chi connectivity index (χ4v) is 3.82.